The number of aromatic amines is 1. The van der Waals surface area contributed by atoms with E-state index in [0.717, 1.165) is 31.0 Å². The number of H-pyrrole nitrogens is 1. The highest BCUT2D eigenvalue weighted by Crippen LogP contribution is 2.40. The van der Waals surface area contributed by atoms with E-state index in [9.17, 15) is 0 Å². The van der Waals surface area contributed by atoms with Crippen LogP contribution in [0.25, 0.3) is 38.1 Å². The number of pyridine rings is 1. The topological polar surface area (TPSA) is 62.1 Å². The van der Waals surface area contributed by atoms with Gasteiger partial charge >= 0.3 is 0 Å². The van der Waals surface area contributed by atoms with Crippen LogP contribution in [0.15, 0.2) is 48.9 Å². The van der Waals surface area contributed by atoms with Gasteiger partial charge in [0.1, 0.15) is 0 Å². The number of aromatic nitrogens is 5. The Hall–Kier alpha value is -3.93. The number of hydrogen-bond donors (Lipinski definition) is 1. The molecule has 0 radical (unpaired) electrons. The molecular weight excluding hydrogens is 432 g/mol. The first-order chi connectivity index (χ1) is 17.0. The van der Waals surface area contributed by atoms with Crippen molar-refractivity contribution in [1.29, 1.82) is 0 Å². The molecule has 174 valence electrons. The van der Waals surface area contributed by atoms with Crippen molar-refractivity contribution < 1.29 is 0 Å². The summed E-state index contributed by atoms with van der Waals surface area (Å²) in [5.41, 5.74) is 9.85. The number of nitrogens with one attached hydrogen (secondary N) is 1. The van der Waals surface area contributed by atoms with Crippen LogP contribution in [-0.2, 0) is 13.0 Å². The number of aryl methyl sites for hydroxylation is 2. The Morgan fingerprint density at radius 3 is 2.54 bits per heavy atom. The standard InChI is InChI=1S/C29H28N6/c1-16(2)19-13-31-29(32-14-19)34-11-9-24-23(15-34)28-25-21-8-10-30-26(21)18(4)12-22(25)20-7-5-6-17(3)27(20)35(28)33-24/h5-8,10,12-14,16,33H,9,11,15H2,1-4H3. The van der Waals surface area contributed by atoms with Gasteiger partial charge in [-0.05, 0) is 54.0 Å². The average Bonchev–Trinajstić information content (AvgIpc) is 3.50. The molecule has 2 aromatic carbocycles. The molecule has 5 heterocycles. The third kappa shape index (κ3) is 2.86. The largest absolute Gasteiger partial charge is 0.336 e. The summed E-state index contributed by atoms with van der Waals surface area (Å²) < 4.78 is 2.33. The molecule has 0 spiro atoms. The smallest absolute Gasteiger partial charge is 0.225 e. The molecule has 0 amide bonds. The minimum Gasteiger partial charge on any atom is -0.336 e. The zero-order valence-corrected chi connectivity index (χ0v) is 20.6. The van der Waals surface area contributed by atoms with Gasteiger partial charge < -0.3 is 4.90 Å². The summed E-state index contributed by atoms with van der Waals surface area (Å²) in [6.07, 6.45) is 6.81. The van der Waals surface area contributed by atoms with Crippen molar-refractivity contribution in [2.45, 2.75) is 46.6 Å². The molecule has 7 rings (SSSR count). The number of para-hydroxylation sites is 1. The van der Waals surface area contributed by atoms with Gasteiger partial charge in [0.2, 0.25) is 5.95 Å². The van der Waals surface area contributed by atoms with E-state index >= 15 is 0 Å². The molecule has 0 bridgehead atoms. The van der Waals surface area contributed by atoms with E-state index in [1.54, 1.807) is 0 Å². The van der Waals surface area contributed by atoms with Crippen molar-refractivity contribution in [3.8, 4) is 0 Å². The normalized spacial score (nSPS) is 14.1. The van der Waals surface area contributed by atoms with Gasteiger partial charge in [-0.3, -0.25) is 14.6 Å². The molecular formula is C29H28N6. The molecule has 0 fully saturated rings. The number of rotatable bonds is 2. The Bertz CT molecular complexity index is 1770. The van der Waals surface area contributed by atoms with Crippen molar-refractivity contribution in [3.05, 3.63) is 76.9 Å². The monoisotopic (exact) mass is 460 g/mol. The zero-order chi connectivity index (χ0) is 23.8. The van der Waals surface area contributed by atoms with Crippen molar-refractivity contribution in [3.63, 3.8) is 0 Å². The summed E-state index contributed by atoms with van der Waals surface area (Å²) >= 11 is 0. The van der Waals surface area contributed by atoms with Gasteiger partial charge in [-0.15, -0.1) is 0 Å². The summed E-state index contributed by atoms with van der Waals surface area (Å²) in [6.45, 7) is 10.4. The molecule has 0 atom stereocenters. The SMILES string of the molecule is Cc1cc2c3cccc(C)c3n3[nH]c4c(c3c2c2ccnc12)CN(c1ncc(C(C)C)cn1)CC4. The van der Waals surface area contributed by atoms with Gasteiger partial charge in [0, 0.05) is 65.5 Å². The number of hydrogen-bond acceptors (Lipinski definition) is 4. The van der Waals surface area contributed by atoms with Crippen LogP contribution in [0, 0.1) is 13.8 Å². The van der Waals surface area contributed by atoms with Gasteiger partial charge in [0.15, 0.2) is 0 Å². The molecule has 4 aromatic heterocycles. The molecule has 1 aliphatic rings. The third-order valence-corrected chi connectivity index (χ3v) is 7.67. The Balaban J connectivity index is 1.53. The van der Waals surface area contributed by atoms with E-state index < -0.39 is 0 Å². The average molecular weight is 461 g/mol. The second kappa shape index (κ2) is 7.28. The number of benzene rings is 2. The third-order valence-electron chi connectivity index (χ3n) is 7.67. The Morgan fingerprint density at radius 1 is 0.914 bits per heavy atom. The molecule has 6 nitrogen and oxygen atoms in total. The molecule has 1 N–H and O–H groups in total. The maximum Gasteiger partial charge on any atom is 0.225 e. The summed E-state index contributed by atoms with van der Waals surface area (Å²) in [7, 11) is 0. The van der Waals surface area contributed by atoms with Gasteiger partial charge in [0.25, 0.3) is 0 Å². The van der Waals surface area contributed by atoms with Gasteiger partial charge in [-0.1, -0.05) is 32.0 Å². The van der Waals surface area contributed by atoms with Gasteiger partial charge in [-0.25, -0.2) is 9.97 Å². The minimum absolute atomic E-state index is 0.425. The molecule has 0 saturated carbocycles. The van der Waals surface area contributed by atoms with Crippen LogP contribution >= 0.6 is 0 Å². The van der Waals surface area contributed by atoms with E-state index in [1.807, 2.05) is 18.6 Å². The molecule has 6 aromatic rings. The predicted octanol–water partition coefficient (Wildman–Crippen LogP) is 6.21. The number of fused-ring (bicyclic) bond motifs is 10. The molecule has 0 unspecified atom stereocenters. The minimum atomic E-state index is 0.425. The molecule has 35 heavy (non-hydrogen) atoms. The first-order valence-corrected chi connectivity index (χ1v) is 12.4. The Labute approximate surface area is 203 Å². The van der Waals surface area contributed by atoms with Crippen LogP contribution < -0.4 is 4.90 Å². The van der Waals surface area contributed by atoms with Gasteiger partial charge in [0.05, 0.1) is 16.6 Å². The van der Waals surface area contributed by atoms with E-state index in [1.165, 1.54) is 60.5 Å². The fraction of sp³-hybridized carbons (Fsp3) is 0.276. The van der Waals surface area contributed by atoms with E-state index in [2.05, 4.69) is 72.5 Å². The lowest BCUT2D eigenvalue weighted by Gasteiger charge is -2.27. The second-order valence-electron chi connectivity index (χ2n) is 10.2. The summed E-state index contributed by atoms with van der Waals surface area (Å²) in [4.78, 5) is 16.5. The van der Waals surface area contributed by atoms with Crippen LogP contribution in [-0.4, -0.2) is 31.1 Å². The highest BCUT2D eigenvalue weighted by molar-refractivity contribution is 6.23. The van der Waals surface area contributed by atoms with Crippen LogP contribution in [0.1, 0.15) is 47.7 Å². The predicted molar refractivity (Wildman–Crippen MR) is 142 cm³/mol. The zero-order valence-electron chi connectivity index (χ0n) is 20.6. The number of anilines is 1. The van der Waals surface area contributed by atoms with Crippen molar-refractivity contribution >= 4 is 44.0 Å². The highest BCUT2D eigenvalue weighted by Gasteiger charge is 2.26. The first-order valence-electron chi connectivity index (χ1n) is 12.4. The van der Waals surface area contributed by atoms with Crippen molar-refractivity contribution in [2.24, 2.45) is 0 Å². The fourth-order valence-corrected chi connectivity index (χ4v) is 5.82. The first kappa shape index (κ1) is 20.4. The van der Waals surface area contributed by atoms with Gasteiger partial charge in [-0.2, -0.15) is 0 Å². The Kier molecular flexibility index (Phi) is 4.25. The molecule has 6 heteroatoms. The molecule has 0 aliphatic carbocycles. The summed E-state index contributed by atoms with van der Waals surface area (Å²) in [6, 6.07) is 11.1. The molecule has 0 saturated heterocycles. The number of nitrogens with zero attached hydrogens (tertiary/aromatic N) is 5. The lowest BCUT2D eigenvalue weighted by atomic mass is 9.95. The summed E-state index contributed by atoms with van der Waals surface area (Å²) in [5.74, 6) is 1.23. The van der Waals surface area contributed by atoms with Crippen LogP contribution in [0.3, 0.4) is 0 Å². The summed E-state index contributed by atoms with van der Waals surface area (Å²) in [5, 5.41) is 8.84. The quantitative estimate of drug-likeness (QED) is 0.312. The van der Waals surface area contributed by atoms with Crippen LogP contribution in [0.5, 0.6) is 0 Å². The maximum atomic E-state index is 4.73. The van der Waals surface area contributed by atoms with Crippen molar-refractivity contribution in [1.82, 2.24) is 24.6 Å². The molecule has 1 aliphatic heterocycles. The highest BCUT2D eigenvalue weighted by atomic mass is 15.3. The van der Waals surface area contributed by atoms with E-state index in [4.69, 9.17) is 15.0 Å². The van der Waals surface area contributed by atoms with E-state index in [0.29, 0.717) is 5.92 Å². The Morgan fingerprint density at radius 2 is 1.74 bits per heavy atom. The second-order valence-corrected chi connectivity index (χ2v) is 10.2. The lowest BCUT2D eigenvalue weighted by Crippen LogP contribution is -2.31. The van der Waals surface area contributed by atoms with Crippen LogP contribution in [0.4, 0.5) is 5.95 Å². The van der Waals surface area contributed by atoms with Crippen molar-refractivity contribution in [2.75, 3.05) is 11.4 Å². The lowest BCUT2D eigenvalue weighted by molar-refractivity contribution is 0.695. The fourth-order valence-electron chi connectivity index (χ4n) is 5.82. The maximum absolute atomic E-state index is 4.73. The van der Waals surface area contributed by atoms with Crippen LogP contribution in [0.2, 0.25) is 0 Å². The van der Waals surface area contributed by atoms with E-state index in [-0.39, 0.29) is 0 Å².